The Bertz CT molecular complexity index is 544. The fraction of sp³-hybridized carbons (Fsp3) is 0.455. The maximum atomic E-state index is 5.90. The van der Waals surface area contributed by atoms with E-state index in [-0.39, 0.29) is 18.4 Å². The highest BCUT2D eigenvalue weighted by Gasteiger charge is 2.25. The molecule has 0 aromatic carbocycles. The molecule has 2 aromatic heterocycles. The van der Waals surface area contributed by atoms with Crippen molar-refractivity contribution in [2.75, 3.05) is 26.7 Å². The number of likely N-dealkylation sites (N-methyl/N-ethyl adjacent to an activating group) is 1. The zero-order valence-electron chi connectivity index (χ0n) is 10.3. The van der Waals surface area contributed by atoms with Crippen molar-refractivity contribution in [1.82, 2.24) is 20.4 Å². The van der Waals surface area contributed by atoms with Crippen molar-refractivity contribution >= 4 is 35.3 Å². The largest absolute Gasteiger partial charge is 0.333 e. The number of halogens is 2. The summed E-state index contributed by atoms with van der Waals surface area (Å²) in [5, 5.41) is 7.41. The molecule has 0 aliphatic carbocycles. The lowest BCUT2D eigenvalue weighted by molar-refractivity contribution is 0.190. The van der Waals surface area contributed by atoms with Gasteiger partial charge in [-0.05, 0) is 19.2 Å². The molecule has 1 saturated heterocycles. The van der Waals surface area contributed by atoms with E-state index in [4.69, 9.17) is 16.1 Å². The topological polar surface area (TPSA) is 54.2 Å². The Hall–Kier alpha value is -0.660. The van der Waals surface area contributed by atoms with Gasteiger partial charge < -0.3 is 9.84 Å². The first kappa shape index (κ1) is 14.7. The molecular weight excluding hydrogens is 307 g/mol. The molecule has 1 atom stereocenters. The van der Waals surface area contributed by atoms with Crippen LogP contribution in [0, 0.1) is 0 Å². The van der Waals surface area contributed by atoms with Crippen LogP contribution in [0.3, 0.4) is 0 Å². The van der Waals surface area contributed by atoms with Crippen LogP contribution in [0.15, 0.2) is 16.7 Å². The third-order valence-electron chi connectivity index (χ3n) is 3.03. The molecule has 0 amide bonds. The molecule has 3 rings (SSSR count). The normalized spacial score (nSPS) is 20.2. The van der Waals surface area contributed by atoms with Gasteiger partial charge in [-0.2, -0.15) is 4.98 Å². The minimum absolute atomic E-state index is 0. The summed E-state index contributed by atoms with van der Waals surface area (Å²) >= 11 is 7.34. The molecule has 19 heavy (non-hydrogen) atoms. The second-order valence-corrected chi connectivity index (χ2v) is 5.98. The summed E-state index contributed by atoms with van der Waals surface area (Å²) < 4.78 is 6.03. The Kier molecular flexibility index (Phi) is 4.81. The van der Waals surface area contributed by atoms with Crippen molar-refractivity contribution < 1.29 is 4.52 Å². The number of nitrogens with zero attached hydrogens (tertiary/aromatic N) is 3. The first-order chi connectivity index (χ1) is 8.74. The van der Waals surface area contributed by atoms with E-state index in [1.807, 2.05) is 12.1 Å². The van der Waals surface area contributed by atoms with E-state index >= 15 is 0 Å². The van der Waals surface area contributed by atoms with E-state index < -0.39 is 0 Å². The van der Waals surface area contributed by atoms with E-state index in [9.17, 15) is 0 Å². The van der Waals surface area contributed by atoms with E-state index in [0.29, 0.717) is 5.89 Å². The summed E-state index contributed by atoms with van der Waals surface area (Å²) in [5.74, 6) is 1.27. The highest BCUT2D eigenvalue weighted by atomic mass is 35.5. The highest BCUT2D eigenvalue weighted by molar-refractivity contribution is 7.19. The molecule has 0 bridgehead atoms. The van der Waals surface area contributed by atoms with Gasteiger partial charge in [0, 0.05) is 19.6 Å². The van der Waals surface area contributed by atoms with Crippen molar-refractivity contribution in [3.8, 4) is 10.8 Å². The van der Waals surface area contributed by atoms with Gasteiger partial charge in [0.25, 0.3) is 5.89 Å². The zero-order chi connectivity index (χ0) is 12.5. The van der Waals surface area contributed by atoms with Crippen LogP contribution in [0.5, 0.6) is 0 Å². The number of thiophene rings is 1. The summed E-state index contributed by atoms with van der Waals surface area (Å²) in [6.07, 6.45) is 0. The van der Waals surface area contributed by atoms with Gasteiger partial charge in [0.1, 0.15) is 0 Å². The van der Waals surface area contributed by atoms with Crippen molar-refractivity contribution in [2.24, 2.45) is 0 Å². The molecule has 1 fully saturated rings. The Labute approximate surface area is 126 Å². The van der Waals surface area contributed by atoms with Gasteiger partial charge in [0.15, 0.2) is 5.82 Å². The molecule has 0 saturated carbocycles. The third-order valence-corrected chi connectivity index (χ3v) is 4.25. The molecule has 1 aliphatic heterocycles. The lowest BCUT2D eigenvalue weighted by Crippen LogP contribution is -2.44. The molecule has 2 aromatic rings. The second kappa shape index (κ2) is 6.19. The van der Waals surface area contributed by atoms with Gasteiger partial charge in [0.05, 0.1) is 15.3 Å². The van der Waals surface area contributed by atoms with Gasteiger partial charge in [0.2, 0.25) is 0 Å². The molecular formula is C11H14Cl2N4OS. The summed E-state index contributed by atoms with van der Waals surface area (Å²) in [6.45, 7) is 2.83. The lowest BCUT2D eigenvalue weighted by atomic mass is 10.2. The minimum atomic E-state index is 0. The van der Waals surface area contributed by atoms with Gasteiger partial charge in [-0.3, -0.25) is 4.90 Å². The van der Waals surface area contributed by atoms with Crippen LogP contribution in [0.25, 0.3) is 10.8 Å². The third kappa shape index (κ3) is 3.09. The van der Waals surface area contributed by atoms with Crippen LogP contribution in [0.4, 0.5) is 0 Å². The van der Waals surface area contributed by atoms with Gasteiger partial charge in [-0.25, -0.2) is 0 Å². The standard InChI is InChI=1S/C11H13ClN4OS.ClH/c1-16-5-4-13-6-7(16)10-14-11(17-15-10)8-2-3-9(12)18-8;/h2-3,7,13H,4-6H2,1H3;1H. The Morgan fingerprint density at radius 2 is 2.37 bits per heavy atom. The lowest BCUT2D eigenvalue weighted by Gasteiger charge is -2.30. The number of rotatable bonds is 2. The monoisotopic (exact) mass is 320 g/mol. The Morgan fingerprint density at radius 3 is 3.05 bits per heavy atom. The maximum Gasteiger partial charge on any atom is 0.268 e. The van der Waals surface area contributed by atoms with E-state index in [2.05, 4.69) is 27.4 Å². The molecule has 0 radical (unpaired) electrons. The molecule has 8 heteroatoms. The summed E-state index contributed by atoms with van der Waals surface area (Å²) in [6, 6.07) is 3.90. The molecule has 104 valence electrons. The number of piperazine rings is 1. The molecule has 3 heterocycles. The maximum absolute atomic E-state index is 5.90. The van der Waals surface area contributed by atoms with E-state index in [0.717, 1.165) is 34.7 Å². The van der Waals surface area contributed by atoms with Crippen molar-refractivity contribution in [3.63, 3.8) is 0 Å². The summed E-state index contributed by atoms with van der Waals surface area (Å²) in [5.41, 5.74) is 0. The molecule has 0 spiro atoms. The fourth-order valence-electron chi connectivity index (χ4n) is 1.99. The van der Waals surface area contributed by atoms with Crippen LogP contribution in [-0.4, -0.2) is 41.7 Å². The number of hydrogen-bond donors (Lipinski definition) is 1. The minimum Gasteiger partial charge on any atom is -0.333 e. The van der Waals surface area contributed by atoms with E-state index in [1.54, 1.807) is 0 Å². The van der Waals surface area contributed by atoms with Crippen LogP contribution in [0.2, 0.25) is 4.34 Å². The quantitative estimate of drug-likeness (QED) is 0.921. The SMILES string of the molecule is CN1CCNCC1c1noc(-c2ccc(Cl)s2)n1.Cl. The molecule has 1 N–H and O–H groups in total. The first-order valence-corrected chi connectivity index (χ1v) is 6.94. The van der Waals surface area contributed by atoms with Gasteiger partial charge in [-0.15, -0.1) is 23.7 Å². The average molecular weight is 321 g/mol. The summed E-state index contributed by atoms with van der Waals surface area (Å²) in [7, 11) is 2.07. The Balaban J connectivity index is 0.00000133. The highest BCUT2D eigenvalue weighted by Crippen LogP contribution is 2.30. The number of aromatic nitrogens is 2. The number of hydrogen-bond acceptors (Lipinski definition) is 6. The van der Waals surface area contributed by atoms with E-state index in [1.165, 1.54) is 11.3 Å². The van der Waals surface area contributed by atoms with Gasteiger partial charge >= 0.3 is 0 Å². The second-order valence-electron chi connectivity index (χ2n) is 4.26. The van der Waals surface area contributed by atoms with Crippen LogP contribution < -0.4 is 5.32 Å². The molecule has 5 nitrogen and oxygen atoms in total. The average Bonchev–Trinajstić information content (AvgIpc) is 2.98. The van der Waals surface area contributed by atoms with Crippen LogP contribution in [-0.2, 0) is 0 Å². The van der Waals surface area contributed by atoms with Crippen molar-refractivity contribution in [1.29, 1.82) is 0 Å². The van der Waals surface area contributed by atoms with Crippen molar-refractivity contribution in [2.45, 2.75) is 6.04 Å². The fourth-order valence-corrected chi connectivity index (χ4v) is 2.96. The smallest absolute Gasteiger partial charge is 0.268 e. The van der Waals surface area contributed by atoms with Gasteiger partial charge in [-0.1, -0.05) is 16.8 Å². The predicted molar refractivity (Wildman–Crippen MR) is 78.1 cm³/mol. The predicted octanol–water partition coefficient (Wildman–Crippen LogP) is 2.45. The molecule has 1 unspecified atom stereocenters. The first-order valence-electron chi connectivity index (χ1n) is 5.74. The molecule has 1 aliphatic rings. The summed E-state index contributed by atoms with van der Waals surface area (Å²) in [4.78, 5) is 7.60. The van der Waals surface area contributed by atoms with Crippen molar-refractivity contribution in [3.05, 3.63) is 22.3 Å². The Morgan fingerprint density at radius 1 is 1.53 bits per heavy atom. The zero-order valence-corrected chi connectivity index (χ0v) is 12.7. The van der Waals surface area contributed by atoms with Crippen LogP contribution in [0.1, 0.15) is 11.9 Å². The van der Waals surface area contributed by atoms with Crippen LogP contribution >= 0.6 is 35.3 Å². The number of nitrogens with one attached hydrogen (secondary N) is 1.